The van der Waals surface area contributed by atoms with Crippen molar-refractivity contribution in [2.45, 2.75) is 31.2 Å². The Kier molecular flexibility index (Phi) is 1.27. The molecule has 0 aromatic heterocycles. The zero-order valence-electron chi connectivity index (χ0n) is 6.04. The van der Waals surface area contributed by atoms with E-state index >= 15 is 0 Å². The number of rotatable bonds is 0. The predicted molar refractivity (Wildman–Crippen MR) is 34.7 cm³/mol. The topological polar surface area (TPSA) is 38.7 Å². The van der Waals surface area contributed by atoms with Crippen LogP contribution in [0.1, 0.15) is 13.3 Å². The van der Waals surface area contributed by atoms with Crippen LogP contribution in [0.2, 0.25) is 0 Å². The van der Waals surface area contributed by atoms with Crippen molar-refractivity contribution in [3.63, 3.8) is 0 Å². The first-order chi connectivity index (χ1) is 4.70. The molecular weight excluding hydrogens is 132 g/mol. The smallest absolute Gasteiger partial charge is 0.108 e. The Morgan fingerprint density at radius 1 is 1.60 bits per heavy atom. The molecule has 0 saturated carbocycles. The highest BCUT2D eigenvalue weighted by Gasteiger charge is 2.46. The predicted octanol–water partition coefficient (Wildman–Crippen LogP) is -0.0749. The second-order valence-corrected chi connectivity index (χ2v) is 3.39. The van der Waals surface area contributed by atoms with Gasteiger partial charge in [0, 0.05) is 6.42 Å². The lowest BCUT2D eigenvalue weighted by molar-refractivity contribution is -0.157. The minimum atomic E-state index is -0.313. The quantitative estimate of drug-likeness (QED) is 0.517. The third-order valence-corrected chi connectivity index (χ3v) is 2.20. The Morgan fingerprint density at radius 2 is 2.40 bits per heavy atom. The third-order valence-electron chi connectivity index (χ3n) is 2.20. The first kappa shape index (κ1) is 6.58. The lowest BCUT2D eigenvalue weighted by atomic mass is 10.0. The van der Waals surface area contributed by atoms with Gasteiger partial charge in [-0.2, -0.15) is 0 Å². The normalized spacial score (nSPS) is 53.4. The average molecular weight is 144 g/mol. The molecule has 3 heteroatoms. The van der Waals surface area contributed by atoms with E-state index in [0.29, 0.717) is 13.2 Å². The maximum absolute atomic E-state index is 9.36. The molecule has 0 aliphatic carbocycles. The number of aliphatic hydroxyl groups excluding tert-OH is 1. The summed E-state index contributed by atoms with van der Waals surface area (Å²) in [5.74, 6) is 0. The molecule has 0 aromatic carbocycles. The van der Waals surface area contributed by atoms with Gasteiger partial charge in [0.25, 0.3) is 0 Å². The van der Waals surface area contributed by atoms with Gasteiger partial charge in [0.2, 0.25) is 0 Å². The van der Waals surface area contributed by atoms with Crippen molar-refractivity contribution < 1.29 is 14.6 Å². The number of fused-ring (bicyclic) bond motifs is 2. The summed E-state index contributed by atoms with van der Waals surface area (Å²) >= 11 is 0. The zero-order chi connectivity index (χ0) is 7.19. The highest BCUT2D eigenvalue weighted by molar-refractivity contribution is 4.93. The van der Waals surface area contributed by atoms with E-state index in [4.69, 9.17) is 9.47 Å². The SMILES string of the molecule is CC12COCC(O1)C(O)C2. The fraction of sp³-hybridized carbons (Fsp3) is 1.00. The summed E-state index contributed by atoms with van der Waals surface area (Å²) in [5, 5.41) is 9.36. The lowest BCUT2D eigenvalue weighted by Gasteiger charge is -2.29. The number of ether oxygens (including phenoxy) is 2. The maximum atomic E-state index is 9.36. The van der Waals surface area contributed by atoms with Crippen LogP contribution in [0.3, 0.4) is 0 Å². The van der Waals surface area contributed by atoms with Gasteiger partial charge >= 0.3 is 0 Å². The van der Waals surface area contributed by atoms with Crippen molar-refractivity contribution in [2.24, 2.45) is 0 Å². The minimum absolute atomic E-state index is 0.0706. The van der Waals surface area contributed by atoms with Crippen LogP contribution < -0.4 is 0 Å². The molecule has 0 spiro atoms. The molecule has 2 rings (SSSR count). The fourth-order valence-corrected chi connectivity index (χ4v) is 1.69. The summed E-state index contributed by atoms with van der Waals surface area (Å²) in [4.78, 5) is 0. The molecule has 3 unspecified atom stereocenters. The van der Waals surface area contributed by atoms with Crippen molar-refractivity contribution in [3.05, 3.63) is 0 Å². The van der Waals surface area contributed by atoms with E-state index in [9.17, 15) is 5.11 Å². The molecule has 0 radical (unpaired) electrons. The minimum Gasteiger partial charge on any atom is -0.390 e. The van der Waals surface area contributed by atoms with Crippen LogP contribution in [-0.4, -0.2) is 36.1 Å². The molecule has 2 bridgehead atoms. The molecule has 2 saturated heterocycles. The van der Waals surface area contributed by atoms with E-state index in [0.717, 1.165) is 6.42 Å². The standard InChI is InChI=1S/C7H12O3/c1-7-2-5(8)6(10-7)3-9-4-7/h5-6,8H,2-4H2,1H3. The Balaban J connectivity index is 2.16. The molecule has 10 heavy (non-hydrogen) atoms. The maximum Gasteiger partial charge on any atom is 0.108 e. The van der Waals surface area contributed by atoms with Gasteiger partial charge in [0.05, 0.1) is 24.9 Å². The van der Waals surface area contributed by atoms with Gasteiger partial charge in [0.1, 0.15) is 6.10 Å². The molecule has 2 aliphatic rings. The van der Waals surface area contributed by atoms with Crippen LogP contribution >= 0.6 is 0 Å². The van der Waals surface area contributed by atoms with Gasteiger partial charge in [0.15, 0.2) is 0 Å². The van der Waals surface area contributed by atoms with E-state index in [-0.39, 0.29) is 17.8 Å². The second kappa shape index (κ2) is 1.94. The summed E-state index contributed by atoms with van der Waals surface area (Å²) in [6.07, 6.45) is 0.337. The Labute approximate surface area is 59.9 Å². The largest absolute Gasteiger partial charge is 0.390 e. The fourth-order valence-electron chi connectivity index (χ4n) is 1.69. The molecular formula is C7H12O3. The molecule has 58 valence electrons. The first-order valence-electron chi connectivity index (χ1n) is 3.63. The van der Waals surface area contributed by atoms with Crippen molar-refractivity contribution in [3.8, 4) is 0 Å². The van der Waals surface area contributed by atoms with Crippen LogP contribution in [-0.2, 0) is 9.47 Å². The summed E-state index contributed by atoms with van der Waals surface area (Å²) < 4.78 is 10.8. The summed E-state index contributed by atoms with van der Waals surface area (Å²) in [6, 6.07) is 0. The van der Waals surface area contributed by atoms with Crippen LogP contribution in [0, 0.1) is 0 Å². The van der Waals surface area contributed by atoms with Crippen molar-refractivity contribution >= 4 is 0 Å². The van der Waals surface area contributed by atoms with E-state index in [1.807, 2.05) is 6.92 Å². The molecule has 2 heterocycles. The van der Waals surface area contributed by atoms with E-state index in [1.54, 1.807) is 0 Å². The van der Waals surface area contributed by atoms with Crippen LogP contribution in [0.15, 0.2) is 0 Å². The lowest BCUT2D eigenvalue weighted by Crippen LogP contribution is -2.38. The highest BCUT2D eigenvalue weighted by Crippen LogP contribution is 2.34. The van der Waals surface area contributed by atoms with Crippen LogP contribution in [0.4, 0.5) is 0 Å². The van der Waals surface area contributed by atoms with Gasteiger partial charge in [-0.3, -0.25) is 0 Å². The van der Waals surface area contributed by atoms with Crippen LogP contribution in [0.25, 0.3) is 0 Å². The highest BCUT2D eigenvalue weighted by atomic mass is 16.6. The summed E-state index contributed by atoms with van der Waals surface area (Å²) in [5.41, 5.74) is -0.206. The molecule has 3 nitrogen and oxygen atoms in total. The summed E-state index contributed by atoms with van der Waals surface area (Å²) in [6.45, 7) is 3.16. The van der Waals surface area contributed by atoms with Crippen molar-refractivity contribution in [1.82, 2.24) is 0 Å². The molecule has 3 atom stereocenters. The Hall–Kier alpha value is -0.120. The van der Waals surface area contributed by atoms with Crippen molar-refractivity contribution in [2.75, 3.05) is 13.2 Å². The van der Waals surface area contributed by atoms with Crippen LogP contribution in [0.5, 0.6) is 0 Å². The number of hydrogen-bond donors (Lipinski definition) is 1. The number of aliphatic hydroxyl groups is 1. The number of hydrogen-bond acceptors (Lipinski definition) is 3. The summed E-state index contributed by atoms with van der Waals surface area (Å²) in [7, 11) is 0. The molecule has 0 amide bonds. The monoisotopic (exact) mass is 144 g/mol. The molecule has 2 aliphatic heterocycles. The van der Waals surface area contributed by atoms with Gasteiger partial charge in [-0.25, -0.2) is 0 Å². The van der Waals surface area contributed by atoms with Gasteiger partial charge in [-0.05, 0) is 6.92 Å². The van der Waals surface area contributed by atoms with Gasteiger partial charge in [-0.1, -0.05) is 0 Å². The molecule has 1 N–H and O–H groups in total. The second-order valence-electron chi connectivity index (χ2n) is 3.39. The Bertz CT molecular complexity index is 144. The van der Waals surface area contributed by atoms with Gasteiger partial charge < -0.3 is 14.6 Å². The van der Waals surface area contributed by atoms with Crippen molar-refractivity contribution in [1.29, 1.82) is 0 Å². The Morgan fingerprint density at radius 3 is 3.00 bits per heavy atom. The third kappa shape index (κ3) is 0.856. The van der Waals surface area contributed by atoms with Gasteiger partial charge in [-0.15, -0.1) is 0 Å². The molecule has 2 fully saturated rings. The van der Waals surface area contributed by atoms with E-state index < -0.39 is 0 Å². The molecule has 0 aromatic rings. The van der Waals surface area contributed by atoms with E-state index in [2.05, 4.69) is 0 Å². The van der Waals surface area contributed by atoms with E-state index in [1.165, 1.54) is 0 Å². The average Bonchev–Trinajstić information content (AvgIpc) is 2.03. The first-order valence-corrected chi connectivity index (χ1v) is 3.63. The zero-order valence-corrected chi connectivity index (χ0v) is 6.04.